The van der Waals surface area contributed by atoms with Crippen molar-refractivity contribution in [2.75, 3.05) is 10.5 Å². The van der Waals surface area contributed by atoms with Crippen LogP contribution in [0, 0.1) is 0 Å². The Labute approximate surface area is 97.9 Å². The molecule has 2 rings (SSSR count). The summed E-state index contributed by atoms with van der Waals surface area (Å²) in [5, 5.41) is 0.283. The standard InChI is InChI=1S/C9H10ClN3O2S/c1-2-16(14,15)13-6-3-4-7-8(5-6)12-9(10)11-7/h3-5,13H,2H2,1H3,(H,11,12). The molecule has 0 bridgehead atoms. The van der Waals surface area contributed by atoms with E-state index in [2.05, 4.69) is 14.7 Å². The van der Waals surface area contributed by atoms with Crippen molar-refractivity contribution in [1.29, 1.82) is 0 Å². The molecule has 0 radical (unpaired) electrons. The molecule has 0 amide bonds. The molecular formula is C9H10ClN3O2S. The van der Waals surface area contributed by atoms with Gasteiger partial charge in [0.05, 0.1) is 22.5 Å². The molecule has 16 heavy (non-hydrogen) atoms. The molecule has 1 aromatic carbocycles. The van der Waals surface area contributed by atoms with Gasteiger partial charge in [0.15, 0.2) is 0 Å². The van der Waals surface area contributed by atoms with Gasteiger partial charge in [-0.1, -0.05) is 0 Å². The lowest BCUT2D eigenvalue weighted by molar-refractivity contribution is 0.602. The largest absolute Gasteiger partial charge is 0.329 e. The molecule has 0 spiro atoms. The van der Waals surface area contributed by atoms with Crippen molar-refractivity contribution in [3.8, 4) is 0 Å². The van der Waals surface area contributed by atoms with Gasteiger partial charge in [-0.15, -0.1) is 0 Å². The fourth-order valence-electron chi connectivity index (χ4n) is 1.29. The minimum atomic E-state index is -3.25. The van der Waals surface area contributed by atoms with E-state index in [1.165, 1.54) is 0 Å². The summed E-state index contributed by atoms with van der Waals surface area (Å²) in [6, 6.07) is 5.00. The van der Waals surface area contributed by atoms with E-state index in [1.807, 2.05) is 0 Å². The maximum absolute atomic E-state index is 11.3. The lowest BCUT2D eigenvalue weighted by Gasteiger charge is -2.04. The first-order chi connectivity index (χ1) is 7.50. The zero-order valence-electron chi connectivity index (χ0n) is 8.49. The lowest BCUT2D eigenvalue weighted by Crippen LogP contribution is -2.14. The molecular weight excluding hydrogens is 250 g/mol. The highest BCUT2D eigenvalue weighted by atomic mass is 35.5. The topological polar surface area (TPSA) is 74.8 Å². The molecule has 7 heteroatoms. The first kappa shape index (κ1) is 11.2. The van der Waals surface area contributed by atoms with E-state index >= 15 is 0 Å². The fraction of sp³-hybridized carbons (Fsp3) is 0.222. The number of hydrogen-bond acceptors (Lipinski definition) is 3. The minimum absolute atomic E-state index is 0.0365. The van der Waals surface area contributed by atoms with E-state index in [0.29, 0.717) is 16.7 Å². The second kappa shape index (κ2) is 3.95. The van der Waals surface area contributed by atoms with Gasteiger partial charge >= 0.3 is 0 Å². The molecule has 1 heterocycles. The van der Waals surface area contributed by atoms with Gasteiger partial charge in [-0.2, -0.15) is 0 Å². The molecule has 0 saturated carbocycles. The van der Waals surface area contributed by atoms with Crippen molar-refractivity contribution in [1.82, 2.24) is 9.97 Å². The molecule has 1 aromatic heterocycles. The van der Waals surface area contributed by atoms with E-state index in [1.54, 1.807) is 25.1 Å². The van der Waals surface area contributed by atoms with Crippen LogP contribution >= 0.6 is 11.6 Å². The SMILES string of the molecule is CCS(=O)(=O)Nc1ccc2nc(Cl)[nH]c2c1. The molecule has 86 valence electrons. The number of imidazole rings is 1. The number of sulfonamides is 1. The maximum atomic E-state index is 11.3. The van der Waals surface area contributed by atoms with Gasteiger partial charge in [0.25, 0.3) is 0 Å². The summed E-state index contributed by atoms with van der Waals surface area (Å²) in [6.07, 6.45) is 0. The molecule has 0 unspecified atom stereocenters. The number of hydrogen-bond donors (Lipinski definition) is 2. The van der Waals surface area contributed by atoms with Crippen LogP contribution in [0.25, 0.3) is 11.0 Å². The molecule has 0 aliphatic heterocycles. The van der Waals surface area contributed by atoms with Crippen molar-refractivity contribution < 1.29 is 8.42 Å². The number of aromatic amines is 1. The summed E-state index contributed by atoms with van der Waals surface area (Å²) >= 11 is 5.69. The summed E-state index contributed by atoms with van der Waals surface area (Å²) in [6.45, 7) is 1.58. The number of H-pyrrole nitrogens is 1. The highest BCUT2D eigenvalue weighted by Crippen LogP contribution is 2.19. The third-order valence-corrected chi connectivity index (χ3v) is 3.59. The summed E-state index contributed by atoms with van der Waals surface area (Å²) in [7, 11) is -3.25. The van der Waals surface area contributed by atoms with Crippen LogP contribution in [-0.2, 0) is 10.0 Å². The van der Waals surface area contributed by atoms with E-state index in [4.69, 9.17) is 11.6 Å². The zero-order valence-corrected chi connectivity index (χ0v) is 10.1. The third kappa shape index (κ3) is 2.28. The number of benzene rings is 1. The van der Waals surface area contributed by atoms with E-state index in [9.17, 15) is 8.42 Å². The van der Waals surface area contributed by atoms with Crippen molar-refractivity contribution in [2.45, 2.75) is 6.92 Å². The van der Waals surface area contributed by atoms with Gasteiger partial charge in [0.2, 0.25) is 15.3 Å². The van der Waals surface area contributed by atoms with Gasteiger partial charge in [-0.05, 0) is 36.7 Å². The van der Waals surface area contributed by atoms with E-state index in [-0.39, 0.29) is 11.0 Å². The van der Waals surface area contributed by atoms with Crippen molar-refractivity contribution in [2.24, 2.45) is 0 Å². The van der Waals surface area contributed by atoms with Crippen LogP contribution in [0.15, 0.2) is 18.2 Å². The summed E-state index contributed by atoms with van der Waals surface area (Å²) < 4.78 is 25.1. The Bertz CT molecular complexity index is 621. The zero-order chi connectivity index (χ0) is 11.8. The van der Waals surface area contributed by atoms with Gasteiger partial charge in [0, 0.05) is 0 Å². The number of nitrogens with zero attached hydrogens (tertiary/aromatic N) is 1. The Morgan fingerprint density at radius 2 is 2.25 bits per heavy atom. The average molecular weight is 260 g/mol. The van der Waals surface area contributed by atoms with Crippen LogP contribution in [0.3, 0.4) is 0 Å². The van der Waals surface area contributed by atoms with Crippen molar-refractivity contribution in [3.63, 3.8) is 0 Å². The van der Waals surface area contributed by atoms with Crippen LogP contribution in [-0.4, -0.2) is 24.1 Å². The maximum Gasteiger partial charge on any atom is 0.232 e. The smallest absolute Gasteiger partial charge is 0.232 e. The predicted molar refractivity (Wildman–Crippen MR) is 64.2 cm³/mol. The first-order valence-corrected chi connectivity index (χ1v) is 6.69. The number of aromatic nitrogens is 2. The second-order valence-corrected chi connectivity index (χ2v) is 5.63. The van der Waals surface area contributed by atoms with Gasteiger partial charge in [-0.25, -0.2) is 13.4 Å². The van der Waals surface area contributed by atoms with Gasteiger partial charge < -0.3 is 4.98 Å². The normalized spacial score (nSPS) is 11.9. The van der Waals surface area contributed by atoms with Gasteiger partial charge in [0.1, 0.15) is 0 Å². The fourth-order valence-corrected chi connectivity index (χ4v) is 2.12. The predicted octanol–water partition coefficient (Wildman–Crippen LogP) is 1.98. The highest BCUT2D eigenvalue weighted by molar-refractivity contribution is 7.92. The summed E-state index contributed by atoms with van der Waals surface area (Å²) in [5.74, 6) is 0.0365. The Balaban J connectivity index is 2.40. The number of anilines is 1. The van der Waals surface area contributed by atoms with Crippen LogP contribution in [0.5, 0.6) is 0 Å². The monoisotopic (exact) mass is 259 g/mol. The second-order valence-electron chi connectivity index (χ2n) is 3.27. The van der Waals surface area contributed by atoms with Crippen LogP contribution in [0.1, 0.15) is 6.92 Å². The molecule has 2 aromatic rings. The number of rotatable bonds is 3. The molecule has 0 atom stereocenters. The molecule has 0 aliphatic carbocycles. The van der Waals surface area contributed by atoms with Crippen LogP contribution in [0.2, 0.25) is 5.28 Å². The molecule has 0 aliphatic rings. The average Bonchev–Trinajstić information content (AvgIpc) is 2.57. The first-order valence-electron chi connectivity index (χ1n) is 4.66. The van der Waals surface area contributed by atoms with Crippen molar-refractivity contribution in [3.05, 3.63) is 23.5 Å². The summed E-state index contributed by atoms with van der Waals surface area (Å²) in [5.41, 5.74) is 1.89. The van der Waals surface area contributed by atoms with E-state index < -0.39 is 10.0 Å². The number of halogens is 1. The quantitative estimate of drug-likeness (QED) is 0.885. The Kier molecular flexibility index (Phi) is 2.77. The minimum Gasteiger partial charge on any atom is -0.329 e. The molecule has 0 fully saturated rings. The number of fused-ring (bicyclic) bond motifs is 1. The molecule has 2 N–H and O–H groups in total. The number of nitrogens with one attached hydrogen (secondary N) is 2. The van der Waals surface area contributed by atoms with Crippen LogP contribution in [0.4, 0.5) is 5.69 Å². The van der Waals surface area contributed by atoms with Gasteiger partial charge in [-0.3, -0.25) is 4.72 Å². The lowest BCUT2D eigenvalue weighted by atomic mass is 10.3. The van der Waals surface area contributed by atoms with Crippen LogP contribution < -0.4 is 4.72 Å². The highest BCUT2D eigenvalue weighted by Gasteiger charge is 2.08. The summed E-state index contributed by atoms with van der Waals surface area (Å²) in [4.78, 5) is 6.83. The molecule has 0 saturated heterocycles. The Hall–Kier alpha value is -1.27. The Morgan fingerprint density at radius 3 is 2.94 bits per heavy atom. The van der Waals surface area contributed by atoms with Crippen molar-refractivity contribution >= 4 is 38.3 Å². The van der Waals surface area contributed by atoms with E-state index in [0.717, 1.165) is 0 Å². The molecule has 5 nitrogen and oxygen atoms in total. The third-order valence-electron chi connectivity index (χ3n) is 2.11. The Morgan fingerprint density at radius 1 is 1.50 bits per heavy atom.